The van der Waals surface area contributed by atoms with Gasteiger partial charge in [-0.1, -0.05) is 0 Å². The number of nitrogens with zero attached hydrogens (tertiary/aromatic N) is 2. The quantitative estimate of drug-likeness (QED) is 0.807. The molecule has 1 unspecified atom stereocenters. The minimum atomic E-state index is -2.80. The summed E-state index contributed by atoms with van der Waals surface area (Å²) in [5.41, 5.74) is 1.83. The molecule has 1 amide bonds. The Morgan fingerprint density at radius 1 is 1.52 bits per heavy atom. The first-order chi connectivity index (χ1) is 10.9. The van der Waals surface area contributed by atoms with Gasteiger partial charge in [0.25, 0.3) is 5.92 Å². The molecule has 0 bridgehead atoms. The molecule has 1 aliphatic rings. The highest BCUT2D eigenvalue weighted by Crippen LogP contribution is 2.32. The van der Waals surface area contributed by atoms with Crippen LogP contribution in [0, 0.1) is 0 Å². The van der Waals surface area contributed by atoms with E-state index >= 15 is 0 Å². The molecule has 23 heavy (non-hydrogen) atoms. The van der Waals surface area contributed by atoms with E-state index in [1.165, 1.54) is 6.92 Å². The lowest BCUT2D eigenvalue weighted by molar-refractivity contribution is -0.114. The molecule has 0 saturated carbocycles. The molecule has 3 N–H and O–H groups in total. The number of halogens is 2. The van der Waals surface area contributed by atoms with Crippen molar-refractivity contribution in [3.8, 4) is 0 Å². The van der Waals surface area contributed by atoms with Crippen molar-refractivity contribution in [2.45, 2.75) is 25.3 Å². The van der Waals surface area contributed by atoms with Crippen molar-refractivity contribution in [1.29, 1.82) is 0 Å². The lowest BCUT2D eigenvalue weighted by Gasteiger charge is -2.39. The van der Waals surface area contributed by atoms with E-state index in [1.54, 1.807) is 30.4 Å². The summed E-state index contributed by atoms with van der Waals surface area (Å²) in [7, 11) is 1.56. The van der Waals surface area contributed by atoms with Gasteiger partial charge in [0, 0.05) is 25.1 Å². The molecule has 0 aromatic carbocycles. The Bertz CT molecular complexity index is 730. The fourth-order valence-corrected chi connectivity index (χ4v) is 2.97. The third kappa shape index (κ3) is 2.98. The molecule has 1 aliphatic heterocycles. The third-order valence-electron chi connectivity index (χ3n) is 4.14. The molecule has 8 heteroatoms. The van der Waals surface area contributed by atoms with Crippen molar-refractivity contribution in [3.63, 3.8) is 0 Å². The summed E-state index contributed by atoms with van der Waals surface area (Å²) in [6, 6.07) is 0.970. The number of fused-ring (bicyclic) bond motifs is 1. The van der Waals surface area contributed by atoms with E-state index in [1.807, 2.05) is 0 Å². The summed E-state index contributed by atoms with van der Waals surface area (Å²) in [4.78, 5) is 20.1. The van der Waals surface area contributed by atoms with Crippen molar-refractivity contribution >= 4 is 28.3 Å². The van der Waals surface area contributed by atoms with Crippen LogP contribution in [0.2, 0.25) is 0 Å². The number of H-pyrrole nitrogens is 1. The first kappa shape index (κ1) is 15.7. The Kier molecular flexibility index (Phi) is 3.93. The zero-order valence-electron chi connectivity index (χ0n) is 13.0. The topological polar surface area (TPSA) is 73.1 Å². The minimum absolute atomic E-state index is 0.197. The van der Waals surface area contributed by atoms with Crippen LogP contribution in [0.5, 0.6) is 0 Å². The number of aromatic nitrogens is 2. The van der Waals surface area contributed by atoms with Gasteiger partial charge in [0.15, 0.2) is 0 Å². The lowest BCUT2D eigenvalue weighted by Crippen LogP contribution is -2.56. The number of alkyl halides is 2. The molecular formula is C15H19F2N5O. The number of carbonyl (C=O) groups excluding carboxylic acids is 1. The molecule has 1 atom stereocenters. The first-order valence-electron chi connectivity index (χ1n) is 7.45. The van der Waals surface area contributed by atoms with Gasteiger partial charge in [0.1, 0.15) is 5.65 Å². The van der Waals surface area contributed by atoms with Crippen LogP contribution in [0.4, 0.5) is 20.2 Å². The van der Waals surface area contributed by atoms with E-state index in [-0.39, 0.29) is 12.5 Å². The fourth-order valence-electron chi connectivity index (χ4n) is 2.97. The molecule has 6 nitrogen and oxygen atoms in total. The molecule has 124 valence electrons. The van der Waals surface area contributed by atoms with Gasteiger partial charge in [-0.2, -0.15) is 0 Å². The smallest absolute Gasteiger partial charge is 0.280 e. The number of pyridine rings is 1. The highest BCUT2D eigenvalue weighted by molar-refractivity contribution is 6.00. The monoisotopic (exact) mass is 323 g/mol. The molecule has 1 saturated heterocycles. The second kappa shape index (κ2) is 5.77. The maximum atomic E-state index is 14.1. The summed E-state index contributed by atoms with van der Waals surface area (Å²) in [5.74, 6) is -3.00. The summed E-state index contributed by atoms with van der Waals surface area (Å²) < 4.78 is 28.2. The number of aromatic amines is 1. The maximum absolute atomic E-state index is 14.1. The number of hydrogen-bond acceptors (Lipinski definition) is 4. The van der Waals surface area contributed by atoms with Gasteiger partial charge < -0.3 is 20.5 Å². The molecule has 3 heterocycles. The summed E-state index contributed by atoms with van der Waals surface area (Å²) in [6.07, 6.45) is 3.57. The molecule has 0 spiro atoms. The maximum Gasteiger partial charge on any atom is 0.280 e. The van der Waals surface area contributed by atoms with Gasteiger partial charge in [0.2, 0.25) is 5.91 Å². The van der Waals surface area contributed by atoms with Crippen molar-refractivity contribution in [2.75, 3.05) is 30.4 Å². The van der Waals surface area contributed by atoms with E-state index in [0.29, 0.717) is 35.4 Å². The van der Waals surface area contributed by atoms with Crippen molar-refractivity contribution in [2.24, 2.45) is 0 Å². The molecule has 0 radical (unpaired) electrons. The van der Waals surface area contributed by atoms with Crippen molar-refractivity contribution in [3.05, 3.63) is 18.5 Å². The fraction of sp³-hybridized carbons (Fsp3) is 0.467. The Hall–Kier alpha value is -2.22. The molecule has 2 aromatic rings. The van der Waals surface area contributed by atoms with Crippen LogP contribution in [0.15, 0.2) is 18.5 Å². The normalized spacial score (nSPS) is 20.7. The number of anilines is 2. The summed E-state index contributed by atoms with van der Waals surface area (Å²) in [5, 5.41) is 6.09. The van der Waals surface area contributed by atoms with Crippen LogP contribution < -0.4 is 15.5 Å². The van der Waals surface area contributed by atoms with E-state index < -0.39 is 12.0 Å². The second-order valence-corrected chi connectivity index (χ2v) is 5.79. The van der Waals surface area contributed by atoms with Crippen LogP contribution in [0.3, 0.4) is 0 Å². The molecule has 0 aliphatic carbocycles. The second-order valence-electron chi connectivity index (χ2n) is 5.79. The van der Waals surface area contributed by atoms with E-state index in [2.05, 4.69) is 20.6 Å². The predicted molar refractivity (Wildman–Crippen MR) is 85.0 cm³/mol. The number of nitrogens with one attached hydrogen (secondary N) is 3. The van der Waals surface area contributed by atoms with Gasteiger partial charge in [0.05, 0.1) is 30.2 Å². The number of carbonyl (C=O) groups is 1. The average molecular weight is 323 g/mol. The Balaban J connectivity index is 1.90. The number of hydrogen-bond donors (Lipinski definition) is 3. The van der Waals surface area contributed by atoms with E-state index in [4.69, 9.17) is 0 Å². The van der Waals surface area contributed by atoms with E-state index in [9.17, 15) is 13.6 Å². The molecule has 2 aromatic heterocycles. The highest BCUT2D eigenvalue weighted by atomic mass is 19.3. The molecular weight excluding hydrogens is 304 g/mol. The summed E-state index contributed by atoms with van der Waals surface area (Å²) in [6.45, 7) is 1.58. The SMILES string of the molecule is CNC1CCN(c2cnc3[nH]cc(NC(C)=O)c3c2)CC1(F)F. The van der Waals surface area contributed by atoms with Gasteiger partial charge >= 0.3 is 0 Å². The highest BCUT2D eigenvalue weighted by Gasteiger charge is 2.43. The molecule has 1 fully saturated rings. The van der Waals surface area contributed by atoms with Crippen molar-refractivity contribution < 1.29 is 13.6 Å². The third-order valence-corrected chi connectivity index (χ3v) is 4.14. The number of amides is 1. The average Bonchev–Trinajstić information content (AvgIpc) is 2.88. The largest absolute Gasteiger partial charge is 0.364 e. The van der Waals surface area contributed by atoms with Crippen LogP contribution in [0.1, 0.15) is 13.3 Å². The lowest BCUT2D eigenvalue weighted by atomic mass is 10.0. The zero-order chi connectivity index (χ0) is 16.6. The Labute approximate surface area is 132 Å². The molecule has 3 rings (SSSR count). The van der Waals surface area contributed by atoms with Gasteiger partial charge in [-0.3, -0.25) is 4.79 Å². The summed E-state index contributed by atoms with van der Waals surface area (Å²) >= 11 is 0. The van der Waals surface area contributed by atoms with E-state index in [0.717, 1.165) is 0 Å². The Morgan fingerprint density at radius 3 is 2.96 bits per heavy atom. The van der Waals surface area contributed by atoms with Gasteiger partial charge in [-0.05, 0) is 19.5 Å². The minimum Gasteiger partial charge on any atom is -0.364 e. The Morgan fingerprint density at radius 2 is 2.30 bits per heavy atom. The van der Waals surface area contributed by atoms with Crippen LogP contribution in [0.25, 0.3) is 11.0 Å². The zero-order valence-corrected chi connectivity index (χ0v) is 13.0. The van der Waals surface area contributed by atoms with Gasteiger partial charge in [-0.25, -0.2) is 13.8 Å². The van der Waals surface area contributed by atoms with Crippen LogP contribution in [-0.2, 0) is 4.79 Å². The number of piperidine rings is 1. The van der Waals surface area contributed by atoms with Gasteiger partial charge in [-0.15, -0.1) is 0 Å². The number of rotatable bonds is 3. The van der Waals surface area contributed by atoms with Crippen molar-refractivity contribution in [1.82, 2.24) is 15.3 Å². The van der Waals surface area contributed by atoms with Crippen LogP contribution >= 0.6 is 0 Å². The van der Waals surface area contributed by atoms with Crippen LogP contribution in [-0.4, -0.2) is 48.0 Å². The first-order valence-corrected chi connectivity index (χ1v) is 7.45. The standard InChI is InChI=1S/C15H19F2N5O/c1-9(23)21-12-7-20-14-11(12)5-10(6-19-14)22-4-3-13(18-2)15(16,17)8-22/h5-7,13,18H,3-4,8H2,1-2H3,(H,19,20)(H,21,23). The predicted octanol–water partition coefficient (Wildman–Crippen LogP) is 1.95.